The molecule has 3 aliphatic rings. The largest absolute Gasteiger partial charge is 0.462 e. The number of amides is 3. The first-order chi connectivity index (χ1) is 20.5. The van der Waals surface area contributed by atoms with E-state index in [1.807, 2.05) is 36.4 Å². The summed E-state index contributed by atoms with van der Waals surface area (Å²) in [7, 11) is 0. The van der Waals surface area contributed by atoms with E-state index < -0.39 is 24.0 Å². The number of allylic oxidation sites excluding steroid dienone is 1. The molecule has 2 aromatic carbocycles. The van der Waals surface area contributed by atoms with Gasteiger partial charge >= 0.3 is 12.1 Å². The zero-order valence-corrected chi connectivity index (χ0v) is 23.5. The molecule has 10 heteroatoms. The molecule has 0 spiro atoms. The lowest BCUT2D eigenvalue weighted by Crippen LogP contribution is -2.46. The summed E-state index contributed by atoms with van der Waals surface area (Å²) in [4.78, 5) is 53.3. The van der Waals surface area contributed by atoms with E-state index in [2.05, 4.69) is 22.8 Å². The highest BCUT2D eigenvalue weighted by molar-refractivity contribution is 5.86. The highest BCUT2D eigenvalue weighted by atomic mass is 16.6. The van der Waals surface area contributed by atoms with E-state index in [4.69, 9.17) is 14.6 Å². The van der Waals surface area contributed by atoms with Gasteiger partial charge in [-0.2, -0.15) is 0 Å². The standard InChI is InChI=1S/C32H37N3O7/c36-17-15-33-29(37)18-21-8-1-6-14-28(31(39)41-19-22-9-7-16-35(22)30(21)38)34-32(40)42-20-27-25-12-4-2-10-23(25)24-11-3-5-13-26(24)27/h1-6,10-13,21-22,27-28,36H,7-9,14-20H2,(H,33,37)(H,34,40)/b6-1+/t21-,22-,28+/m1/s1. The van der Waals surface area contributed by atoms with E-state index in [9.17, 15) is 19.2 Å². The molecule has 42 heavy (non-hydrogen) atoms. The first-order valence-corrected chi connectivity index (χ1v) is 14.6. The number of carbonyl (C=O) groups is 4. The molecule has 2 aromatic rings. The average molecular weight is 576 g/mol. The van der Waals surface area contributed by atoms with Crippen LogP contribution < -0.4 is 10.6 Å². The number of ether oxygens (including phenoxy) is 2. The Balaban J connectivity index is 1.24. The molecule has 3 atom stereocenters. The third-order valence-electron chi connectivity index (χ3n) is 8.17. The normalized spacial score (nSPS) is 23.0. The van der Waals surface area contributed by atoms with Crippen LogP contribution in [0.15, 0.2) is 60.7 Å². The van der Waals surface area contributed by atoms with Crippen LogP contribution in [0.1, 0.15) is 49.1 Å². The van der Waals surface area contributed by atoms with Gasteiger partial charge in [0.05, 0.1) is 18.6 Å². The summed E-state index contributed by atoms with van der Waals surface area (Å²) in [6.45, 7) is 0.612. The number of nitrogens with zero attached hydrogens (tertiary/aromatic N) is 1. The molecule has 1 fully saturated rings. The summed E-state index contributed by atoms with van der Waals surface area (Å²) >= 11 is 0. The van der Waals surface area contributed by atoms with Crippen LogP contribution in [0.5, 0.6) is 0 Å². The van der Waals surface area contributed by atoms with Gasteiger partial charge in [0.1, 0.15) is 19.3 Å². The number of rotatable bonds is 7. The second-order valence-corrected chi connectivity index (χ2v) is 10.9. The molecule has 2 aliphatic heterocycles. The van der Waals surface area contributed by atoms with Crippen LogP contribution in [0.4, 0.5) is 4.79 Å². The predicted octanol–water partition coefficient (Wildman–Crippen LogP) is 2.89. The van der Waals surface area contributed by atoms with Gasteiger partial charge in [-0.25, -0.2) is 9.59 Å². The summed E-state index contributed by atoms with van der Waals surface area (Å²) < 4.78 is 11.2. The monoisotopic (exact) mass is 575 g/mol. The highest BCUT2D eigenvalue weighted by Crippen LogP contribution is 2.44. The molecule has 0 unspecified atom stereocenters. The van der Waals surface area contributed by atoms with Gasteiger partial charge in [0.15, 0.2) is 0 Å². The number of hydrogen-bond acceptors (Lipinski definition) is 7. The number of esters is 1. The van der Waals surface area contributed by atoms with Crippen molar-refractivity contribution in [2.75, 3.05) is 32.9 Å². The highest BCUT2D eigenvalue weighted by Gasteiger charge is 2.36. The maximum atomic E-state index is 13.3. The lowest BCUT2D eigenvalue weighted by molar-refractivity contribution is -0.150. The van der Waals surface area contributed by atoms with E-state index >= 15 is 0 Å². The fourth-order valence-electron chi connectivity index (χ4n) is 6.06. The van der Waals surface area contributed by atoms with Crippen LogP contribution in [-0.2, 0) is 23.9 Å². The summed E-state index contributed by atoms with van der Waals surface area (Å²) in [5.41, 5.74) is 4.43. The number of fused-ring (bicyclic) bond motifs is 4. The molecule has 0 aromatic heterocycles. The maximum Gasteiger partial charge on any atom is 0.407 e. The molecule has 1 saturated heterocycles. The fraction of sp³-hybridized carbons (Fsp3) is 0.438. The van der Waals surface area contributed by atoms with Crippen molar-refractivity contribution in [3.63, 3.8) is 0 Å². The molecule has 10 nitrogen and oxygen atoms in total. The van der Waals surface area contributed by atoms with E-state index in [0.717, 1.165) is 28.7 Å². The van der Waals surface area contributed by atoms with Crippen LogP contribution in [-0.4, -0.2) is 78.9 Å². The van der Waals surface area contributed by atoms with Crippen molar-refractivity contribution in [1.29, 1.82) is 0 Å². The quantitative estimate of drug-likeness (QED) is 0.341. The number of cyclic esters (lactones) is 1. The smallest absolute Gasteiger partial charge is 0.407 e. The molecule has 0 saturated carbocycles. The predicted molar refractivity (Wildman–Crippen MR) is 154 cm³/mol. The first kappa shape index (κ1) is 29.3. The minimum atomic E-state index is -0.965. The zero-order chi connectivity index (χ0) is 29.5. The Kier molecular flexibility index (Phi) is 9.53. The van der Waals surface area contributed by atoms with E-state index in [-0.39, 0.29) is 63.0 Å². The Morgan fingerprint density at radius 3 is 2.40 bits per heavy atom. The summed E-state index contributed by atoms with van der Waals surface area (Å²) in [6.07, 6.45) is 4.66. The molecule has 0 radical (unpaired) electrons. The summed E-state index contributed by atoms with van der Waals surface area (Å²) in [5, 5.41) is 14.3. The Hall–Kier alpha value is -4.18. The van der Waals surface area contributed by atoms with Gasteiger partial charge in [-0.1, -0.05) is 60.7 Å². The number of benzene rings is 2. The zero-order valence-electron chi connectivity index (χ0n) is 23.5. The number of carbonyl (C=O) groups excluding carboxylic acids is 4. The second kappa shape index (κ2) is 13.7. The number of aliphatic hydroxyl groups is 1. The SMILES string of the molecule is O=C(C[C@H]1C/C=C/C[C@H](NC(=O)OCC2c3ccccc3-c3ccccc32)C(=O)OC[C@H]2CCCN2C1=O)NCCO. The molecule has 1 aliphatic carbocycles. The van der Waals surface area contributed by atoms with Gasteiger partial charge in [0, 0.05) is 25.4 Å². The first-order valence-electron chi connectivity index (χ1n) is 14.6. The van der Waals surface area contributed by atoms with Gasteiger partial charge in [-0.05, 0) is 47.9 Å². The molecule has 3 N–H and O–H groups in total. The number of aliphatic hydroxyl groups excluding tert-OH is 1. The Morgan fingerprint density at radius 2 is 1.69 bits per heavy atom. The molecule has 3 amide bonds. The van der Waals surface area contributed by atoms with E-state index in [1.54, 1.807) is 17.1 Å². The molecule has 0 bridgehead atoms. The van der Waals surface area contributed by atoms with Gasteiger partial charge in [0.25, 0.3) is 0 Å². The molecule has 5 rings (SSSR count). The Morgan fingerprint density at radius 1 is 1.00 bits per heavy atom. The van der Waals surface area contributed by atoms with Crippen molar-refractivity contribution in [1.82, 2.24) is 15.5 Å². The molecule has 2 heterocycles. The minimum Gasteiger partial charge on any atom is -0.462 e. The van der Waals surface area contributed by atoms with Crippen LogP contribution in [0.25, 0.3) is 11.1 Å². The van der Waals surface area contributed by atoms with Crippen molar-refractivity contribution >= 4 is 23.9 Å². The summed E-state index contributed by atoms with van der Waals surface area (Å²) in [5.74, 6) is -1.73. The fourth-order valence-corrected chi connectivity index (χ4v) is 6.06. The lowest BCUT2D eigenvalue weighted by Gasteiger charge is -2.29. The third-order valence-corrected chi connectivity index (χ3v) is 8.17. The second-order valence-electron chi connectivity index (χ2n) is 10.9. The van der Waals surface area contributed by atoms with Crippen molar-refractivity contribution in [3.05, 3.63) is 71.8 Å². The molecular weight excluding hydrogens is 538 g/mol. The van der Waals surface area contributed by atoms with Crippen molar-refractivity contribution in [3.8, 4) is 11.1 Å². The molecular formula is C32H37N3O7. The number of hydrogen-bond donors (Lipinski definition) is 3. The summed E-state index contributed by atoms with van der Waals surface area (Å²) in [6, 6.07) is 14.9. The van der Waals surface area contributed by atoms with Crippen molar-refractivity contribution in [2.45, 2.75) is 50.1 Å². The Labute approximate surface area is 245 Å². The van der Waals surface area contributed by atoms with Gasteiger partial charge in [-0.3, -0.25) is 9.59 Å². The van der Waals surface area contributed by atoms with Crippen LogP contribution in [0.3, 0.4) is 0 Å². The van der Waals surface area contributed by atoms with Crippen LogP contribution in [0, 0.1) is 5.92 Å². The van der Waals surface area contributed by atoms with Gasteiger partial charge < -0.3 is 30.1 Å². The average Bonchev–Trinajstić information content (AvgIpc) is 3.60. The topological polar surface area (TPSA) is 134 Å². The molecule has 222 valence electrons. The van der Waals surface area contributed by atoms with Gasteiger partial charge in [0.2, 0.25) is 11.8 Å². The lowest BCUT2D eigenvalue weighted by atomic mass is 9.97. The number of alkyl carbamates (subject to hydrolysis) is 1. The van der Waals surface area contributed by atoms with Gasteiger partial charge in [-0.15, -0.1) is 0 Å². The van der Waals surface area contributed by atoms with Crippen LogP contribution >= 0.6 is 0 Å². The third kappa shape index (κ3) is 6.65. The Bertz CT molecular complexity index is 1300. The number of nitrogens with one attached hydrogen (secondary N) is 2. The maximum absolute atomic E-state index is 13.3. The van der Waals surface area contributed by atoms with Crippen LogP contribution in [0.2, 0.25) is 0 Å². The van der Waals surface area contributed by atoms with Crippen molar-refractivity contribution in [2.24, 2.45) is 5.92 Å². The van der Waals surface area contributed by atoms with E-state index in [1.165, 1.54) is 0 Å². The minimum absolute atomic E-state index is 0.00634. The van der Waals surface area contributed by atoms with Crippen molar-refractivity contribution < 1.29 is 33.8 Å². The van der Waals surface area contributed by atoms with E-state index in [0.29, 0.717) is 19.4 Å².